The Balaban J connectivity index is 0.000000391. The van der Waals surface area contributed by atoms with Crippen molar-refractivity contribution in [3.63, 3.8) is 0 Å². The Hall–Kier alpha value is -7.19. The summed E-state index contributed by atoms with van der Waals surface area (Å²) in [6.07, 6.45) is 15.4. The number of nitrogens with zero attached hydrogens (tertiary/aromatic N) is 5. The molecular formula is C55H45N5S2. The zero-order valence-corrected chi connectivity index (χ0v) is 36.6. The van der Waals surface area contributed by atoms with Gasteiger partial charge in [0, 0.05) is 48.3 Å². The highest BCUT2D eigenvalue weighted by molar-refractivity contribution is 8.02. The molecule has 5 nitrogen and oxygen atoms in total. The van der Waals surface area contributed by atoms with Crippen LogP contribution >= 0.6 is 23.1 Å². The van der Waals surface area contributed by atoms with E-state index in [1.165, 1.54) is 25.6 Å². The highest BCUT2D eigenvalue weighted by Gasteiger charge is 2.21. The molecule has 10 aromatic rings. The van der Waals surface area contributed by atoms with Crippen LogP contribution in [0.2, 0.25) is 0 Å². The molecule has 6 aromatic carbocycles. The summed E-state index contributed by atoms with van der Waals surface area (Å²) in [5.41, 5.74) is 8.30. The summed E-state index contributed by atoms with van der Waals surface area (Å²) in [6, 6.07) is 52.8. The number of fused-ring (bicyclic) bond motifs is 7. The molecule has 0 atom stereocenters. The van der Waals surface area contributed by atoms with Crippen molar-refractivity contribution in [3.05, 3.63) is 212 Å². The Bertz CT molecular complexity index is 3130. The molecule has 10 rings (SSSR count). The van der Waals surface area contributed by atoms with Gasteiger partial charge in [-0.25, -0.2) is 4.98 Å². The second-order valence-electron chi connectivity index (χ2n) is 14.3. The predicted molar refractivity (Wildman–Crippen MR) is 269 cm³/mol. The van der Waals surface area contributed by atoms with Crippen molar-refractivity contribution in [2.45, 2.75) is 13.8 Å². The number of benzene rings is 6. The van der Waals surface area contributed by atoms with Crippen LogP contribution in [0.25, 0.3) is 93.0 Å². The van der Waals surface area contributed by atoms with Crippen LogP contribution in [0.3, 0.4) is 0 Å². The third-order valence-electron chi connectivity index (χ3n) is 10.3. The summed E-state index contributed by atoms with van der Waals surface area (Å²) >= 11 is 3.49. The molecule has 0 fully saturated rings. The Morgan fingerprint density at radius 2 is 1.18 bits per heavy atom. The molecule has 0 saturated carbocycles. The summed E-state index contributed by atoms with van der Waals surface area (Å²) in [5.74, 6) is 1.76. The van der Waals surface area contributed by atoms with Gasteiger partial charge in [0.15, 0.2) is 11.6 Å². The third kappa shape index (κ3) is 8.82. The largest absolute Gasteiger partial charge is 0.276 e. The van der Waals surface area contributed by atoms with Crippen LogP contribution in [0.15, 0.2) is 212 Å². The predicted octanol–water partition coefficient (Wildman–Crippen LogP) is 15.6. The summed E-state index contributed by atoms with van der Waals surface area (Å²) < 4.78 is 4.67. The Kier molecular flexibility index (Phi) is 13.0. The fourth-order valence-electron chi connectivity index (χ4n) is 7.44. The summed E-state index contributed by atoms with van der Waals surface area (Å²) in [6.45, 7) is 11.2. The second kappa shape index (κ2) is 19.5. The van der Waals surface area contributed by atoms with Gasteiger partial charge in [-0.15, -0.1) is 23.1 Å². The van der Waals surface area contributed by atoms with E-state index >= 15 is 0 Å². The van der Waals surface area contributed by atoms with Crippen LogP contribution in [0.1, 0.15) is 13.8 Å². The fourth-order valence-corrected chi connectivity index (χ4v) is 8.82. The number of rotatable bonds is 8. The zero-order valence-electron chi connectivity index (χ0n) is 34.9. The van der Waals surface area contributed by atoms with Gasteiger partial charge in [0.05, 0.1) is 17.2 Å². The lowest BCUT2D eigenvalue weighted by Crippen LogP contribution is -2.06. The normalized spacial score (nSPS) is 11.2. The smallest absolute Gasteiger partial charge is 0.238 e. The van der Waals surface area contributed by atoms with Gasteiger partial charge in [0.25, 0.3) is 0 Å². The van der Waals surface area contributed by atoms with E-state index in [0.29, 0.717) is 17.6 Å². The molecule has 302 valence electrons. The summed E-state index contributed by atoms with van der Waals surface area (Å²) in [7, 11) is 0. The van der Waals surface area contributed by atoms with Crippen LogP contribution in [-0.4, -0.2) is 30.8 Å². The highest BCUT2D eigenvalue weighted by atomic mass is 32.2. The van der Waals surface area contributed by atoms with E-state index in [0.717, 1.165) is 54.7 Å². The molecule has 0 aliphatic heterocycles. The molecular weight excluding hydrogens is 795 g/mol. The van der Waals surface area contributed by atoms with Crippen LogP contribution in [0, 0.1) is 0 Å². The van der Waals surface area contributed by atoms with Gasteiger partial charge in [-0.1, -0.05) is 159 Å². The Morgan fingerprint density at radius 3 is 1.74 bits per heavy atom. The first-order valence-electron chi connectivity index (χ1n) is 20.4. The van der Waals surface area contributed by atoms with Crippen molar-refractivity contribution < 1.29 is 0 Å². The van der Waals surface area contributed by atoms with Gasteiger partial charge >= 0.3 is 0 Å². The molecule has 0 spiro atoms. The van der Waals surface area contributed by atoms with Gasteiger partial charge < -0.3 is 0 Å². The van der Waals surface area contributed by atoms with Gasteiger partial charge in [0.1, 0.15) is 0 Å². The molecule has 0 saturated heterocycles. The molecule has 4 aromatic heterocycles. The van der Waals surface area contributed by atoms with E-state index in [1.54, 1.807) is 17.8 Å². The number of aromatic nitrogens is 5. The molecule has 0 radical (unpaired) electrons. The molecule has 0 aliphatic carbocycles. The van der Waals surface area contributed by atoms with Crippen molar-refractivity contribution in [1.82, 2.24) is 24.5 Å². The number of allylic oxidation sites excluding steroid dienone is 5. The molecule has 0 unspecified atom stereocenters. The van der Waals surface area contributed by atoms with E-state index in [-0.39, 0.29) is 0 Å². The Labute approximate surface area is 371 Å². The van der Waals surface area contributed by atoms with E-state index < -0.39 is 0 Å². The summed E-state index contributed by atoms with van der Waals surface area (Å²) in [5, 5.41) is 4.79. The molecule has 0 amide bonds. The van der Waals surface area contributed by atoms with E-state index in [2.05, 4.69) is 162 Å². The van der Waals surface area contributed by atoms with Crippen molar-refractivity contribution in [2.75, 3.05) is 6.26 Å². The first-order valence-corrected chi connectivity index (χ1v) is 22.4. The maximum Gasteiger partial charge on any atom is 0.238 e. The highest BCUT2D eigenvalue weighted by Crippen LogP contribution is 2.43. The molecule has 62 heavy (non-hydrogen) atoms. The van der Waals surface area contributed by atoms with Crippen molar-refractivity contribution in [1.29, 1.82) is 0 Å². The number of hydrogen-bond acceptors (Lipinski definition) is 6. The van der Waals surface area contributed by atoms with Gasteiger partial charge in [-0.05, 0) is 83.7 Å². The first-order chi connectivity index (χ1) is 30.5. The lowest BCUT2D eigenvalue weighted by molar-refractivity contribution is 0.952. The van der Waals surface area contributed by atoms with Gasteiger partial charge in [-0.2, -0.15) is 9.97 Å². The molecule has 0 N–H and O–H groups in total. The van der Waals surface area contributed by atoms with Crippen molar-refractivity contribution in [3.8, 4) is 51.0 Å². The molecule has 0 aliphatic rings. The first kappa shape index (κ1) is 41.5. The van der Waals surface area contributed by atoms with Crippen LogP contribution in [0.5, 0.6) is 0 Å². The average molecular weight is 840 g/mol. The number of hydrogen-bond donors (Lipinski definition) is 0. The third-order valence-corrected chi connectivity index (χ3v) is 12.1. The lowest BCUT2D eigenvalue weighted by atomic mass is 10.0. The maximum atomic E-state index is 5.23. The van der Waals surface area contributed by atoms with Crippen LogP contribution < -0.4 is 0 Å². The van der Waals surface area contributed by atoms with Gasteiger partial charge in [0.2, 0.25) is 5.95 Å². The summed E-state index contributed by atoms with van der Waals surface area (Å²) in [4.78, 5) is 21.3. The fraction of sp³-hybridized carbons (Fsp3) is 0.0545. The van der Waals surface area contributed by atoms with E-state index in [9.17, 15) is 0 Å². The van der Waals surface area contributed by atoms with Gasteiger partial charge in [-0.3, -0.25) is 9.55 Å². The van der Waals surface area contributed by atoms with Crippen LogP contribution in [-0.2, 0) is 0 Å². The van der Waals surface area contributed by atoms with Crippen molar-refractivity contribution in [2.24, 2.45) is 0 Å². The number of thiophene rings is 1. The monoisotopic (exact) mass is 839 g/mol. The molecule has 4 heterocycles. The van der Waals surface area contributed by atoms with E-state index in [1.807, 2.05) is 80.3 Å². The van der Waals surface area contributed by atoms with Crippen LogP contribution in [0.4, 0.5) is 0 Å². The minimum atomic E-state index is 0.548. The zero-order chi connectivity index (χ0) is 42.8. The topological polar surface area (TPSA) is 56.5 Å². The van der Waals surface area contributed by atoms with Crippen molar-refractivity contribution >= 4 is 65.1 Å². The second-order valence-corrected chi connectivity index (χ2v) is 16.3. The SMILES string of the molecule is C=C(/C=C\C)SC.C=C/C=C\C.c1ccc(-c2cccc(-c3nc(-c4cccc(-c5ccccc5)c4)nc(-n4c5cnccc5c5c6c(ccc54)sc4ccccc46)n3)c2)cc1. The molecule has 0 bridgehead atoms. The lowest BCUT2D eigenvalue weighted by Gasteiger charge is -2.12. The quantitative estimate of drug-likeness (QED) is 0.143. The minimum absolute atomic E-state index is 0.548. The number of thioether (sulfide) groups is 1. The Morgan fingerprint density at radius 1 is 0.581 bits per heavy atom. The van der Waals surface area contributed by atoms with E-state index in [4.69, 9.17) is 15.0 Å². The number of pyridine rings is 1. The maximum absolute atomic E-state index is 5.23. The molecule has 7 heteroatoms. The minimum Gasteiger partial charge on any atom is -0.276 e. The average Bonchev–Trinajstić information content (AvgIpc) is 3.88. The standard InChI is InChI=1S/C44H27N5S.C6H10S.C5H8/c1-3-11-28(12-4-1)30-15-9-17-32(25-30)42-46-43(33-18-10-16-31(26-33)29-13-5-2-6-14-29)48-44(47-42)49-36-21-22-39-41(35-19-7-8-20-38(35)50-39)40(36)34-23-24-45-27-37(34)49;1-4-5-6(2)7-3;1-3-5-4-2/h1-27H;4-5H,2H2,1,3H3;3-5H,1H2,2H3/b;2*5-4-.